The molecule has 0 bridgehead atoms. The zero-order chi connectivity index (χ0) is 39.4. The third-order valence-electron chi connectivity index (χ3n) is 6.84. The Labute approximate surface area is 305 Å². The van der Waals surface area contributed by atoms with Gasteiger partial charge in [-0.05, 0) is 109 Å². The summed E-state index contributed by atoms with van der Waals surface area (Å²) in [4.78, 5) is 39.0. The van der Waals surface area contributed by atoms with Gasteiger partial charge in [-0.15, -0.1) is 0 Å². The van der Waals surface area contributed by atoms with E-state index in [1.807, 2.05) is 0 Å². The van der Waals surface area contributed by atoms with Crippen molar-refractivity contribution in [3.63, 3.8) is 0 Å². The van der Waals surface area contributed by atoms with Gasteiger partial charge in [0.25, 0.3) is 0 Å². The molecule has 0 saturated heterocycles. The summed E-state index contributed by atoms with van der Waals surface area (Å²) in [6.07, 6.45) is -1.69. The van der Waals surface area contributed by atoms with Crippen LogP contribution in [0, 0.1) is 10.8 Å². The average Bonchev–Trinajstić information content (AvgIpc) is 3.41. The number of amidine groups is 2. The van der Waals surface area contributed by atoms with Crippen LogP contribution in [-0.2, 0) is 27.4 Å². The van der Waals surface area contributed by atoms with Gasteiger partial charge in [-0.2, -0.15) is 18.2 Å². The summed E-state index contributed by atoms with van der Waals surface area (Å²) in [5, 5.41) is 20.9. The molecule has 53 heavy (non-hydrogen) atoms. The van der Waals surface area contributed by atoms with Crippen molar-refractivity contribution in [2.24, 2.45) is 4.99 Å². The number of ether oxygens (including phenoxy) is 4. The summed E-state index contributed by atoms with van der Waals surface area (Å²) in [5.41, 5.74) is -0.721. The third kappa shape index (κ3) is 14.9. The summed E-state index contributed by atoms with van der Waals surface area (Å²) in [6.45, 7) is 11.1. The van der Waals surface area contributed by atoms with Crippen molar-refractivity contribution in [2.45, 2.75) is 91.3 Å². The fourth-order valence-corrected chi connectivity index (χ4v) is 4.50. The monoisotopic (exact) mass is 745 g/mol. The summed E-state index contributed by atoms with van der Waals surface area (Å²) in [5.74, 6) is -1.54. The fraction of sp³-hybridized carbons (Fsp3) is 0.444. The van der Waals surface area contributed by atoms with E-state index in [2.05, 4.69) is 15.6 Å². The Kier molecular flexibility index (Phi) is 14.4. The molecule has 3 rings (SSSR count). The molecule has 2 aromatic carbocycles. The number of carbonyl (C=O) groups is 3. The SMILES string of the molecule is CC(C)(C)OC(=O)NC(=N)c1ccc(OCCCCCn2ccn(CCOc3ccc(C(=N)NC(=O)OC(C)(C)C)cc3)/c2=N/C(=O)C(F)(F)F)cc1. The minimum absolute atomic E-state index is 0.0318. The summed E-state index contributed by atoms with van der Waals surface area (Å²) in [7, 11) is 0. The van der Waals surface area contributed by atoms with Gasteiger partial charge >= 0.3 is 24.3 Å². The first-order valence-electron chi connectivity index (χ1n) is 16.8. The molecule has 1 aromatic heterocycles. The molecule has 14 nitrogen and oxygen atoms in total. The van der Waals surface area contributed by atoms with Crippen LogP contribution >= 0.6 is 0 Å². The number of hydrogen-bond acceptors (Lipinski definition) is 9. The maximum absolute atomic E-state index is 13.1. The molecule has 288 valence electrons. The molecule has 0 atom stereocenters. The Hall–Kier alpha value is -5.61. The Bertz CT molecular complexity index is 1800. The number of rotatable bonds is 13. The fourth-order valence-electron chi connectivity index (χ4n) is 4.50. The molecule has 3 aromatic rings. The molecule has 0 radical (unpaired) electrons. The Balaban J connectivity index is 1.50. The van der Waals surface area contributed by atoms with E-state index in [0.717, 1.165) is 0 Å². The number of nitrogens with one attached hydrogen (secondary N) is 4. The number of alkyl halides is 3. The number of amides is 3. The second-order valence-electron chi connectivity index (χ2n) is 13.7. The highest BCUT2D eigenvalue weighted by Gasteiger charge is 2.38. The number of hydrogen-bond donors (Lipinski definition) is 4. The molecule has 1 heterocycles. The molecular formula is C36H46F3N7O7. The van der Waals surface area contributed by atoms with Gasteiger partial charge in [-0.3, -0.25) is 26.2 Å². The number of alkyl carbamates (subject to hydrolysis) is 2. The Morgan fingerprint density at radius 2 is 1.09 bits per heavy atom. The molecule has 0 spiro atoms. The predicted octanol–water partition coefficient (Wildman–Crippen LogP) is 6.31. The molecule has 3 amide bonds. The third-order valence-corrected chi connectivity index (χ3v) is 6.84. The number of nitrogens with zero attached hydrogens (tertiary/aromatic N) is 3. The minimum atomic E-state index is -5.14. The van der Waals surface area contributed by atoms with Gasteiger partial charge in [-0.1, -0.05) is 0 Å². The average molecular weight is 746 g/mol. The molecule has 0 saturated carbocycles. The Morgan fingerprint density at radius 3 is 1.53 bits per heavy atom. The molecular weight excluding hydrogens is 699 g/mol. The lowest BCUT2D eigenvalue weighted by Crippen LogP contribution is -2.36. The van der Waals surface area contributed by atoms with Crippen molar-refractivity contribution >= 4 is 29.8 Å². The lowest BCUT2D eigenvalue weighted by Gasteiger charge is -2.19. The number of imidazole rings is 1. The van der Waals surface area contributed by atoms with Gasteiger partial charge in [0.15, 0.2) is 0 Å². The minimum Gasteiger partial charge on any atom is -0.494 e. The van der Waals surface area contributed by atoms with Gasteiger partial charge in [0.2, 0.25) is 5.62 Å². The standard InChI is InChI=1S/C36H46F3N7O7/c1-34(2,3)52-32(48)42-28(40)24-10-14-26(15-11-24)50-22-9-7-8-18-45-19-20-46(31(45)44-30(47)36(37,38)39)21-23-51-27-16-12-25(13-17-27)29(41)43-33(49)53-35(4,5)6/h10-17,19-20H,7-9,18,21-23H2,1-6H3,(H2,40,42,48)(H2,41,43,49)/b44-31+. The molecule has 0 aliphatic heterocycles. The number of carbonyl (C=O) groups excluding carboxylic acids is 3. The highest BCUT2D eigenvalue weighted by molar-refractivity contribution is 6.05. The summed E-state index contributed by atoms with van der Waals surface area (Å²) >= 11 is 0. The van der Waals surface area contributed by atoms with Crippen LogP contribution in [0.2, 0.25) is 0 Å². The van der Waals surface area contributed by atoms with Crippen molar-refractivity contribution in [2.75, 3.05) is 13.2 Å². The van der Waals surface area contributed by atoms with E-state index in [9.17, 15) is 27.6 Å². The number of benzene rings is 2. The van der Waals surface area contributed by atoms with Gasteiger partial charge in [-0.25, -0.2) is 9.59 Å². The van der Waals surface area contributed by atoms with Crippen molar-refractivity contribution in [1.82, 2.24) is 19.8 Å². The highest BCUT2D eigenvalue weighted by atomic mass is 19.4. The number of aromatic nitrogens is 2. The maximum Gasteiger partial charge on any atom is 0.473 e. The first kappa shape index (κ1) is 41.8. The zero-order valence-electron chi connectivity index (χ0n) is 30.6. The second-order valence-corrected chi connectivity index (χ2v) is 13.7. The van der Waals surface area contributed by atoms with E-state index in [-0.39, 0.29) is 30.4 Å². The van der Waals surface area contributed by atoms with Crippen molar-refractivity contribution in [3.8, 4) is 11.5 Å². The smallest absolute Gasteiger partial charge is 0.473 e. The van der Waals surface area contributed by atoms with Gasteiger partial charge in [0.1, 0.15) is 41.0 Å². The topological polar surface area (TPSA) is 182 Å². The zero-order valence-corrected chi connectivity index (χ0v) is 30.6. The van der Waals surface area contributed by atoms with Gasteiger partial charge in [0.05, 0.1) is 13.2 Å². The van der Waals surface area contributed by atoms with Crippen LogP contribution < -0.4 is 25.7 Å². The maximum atomic E-state index is 13.1. The van der Waals surface area contributed by atoms with Gasteiger partial charge in [0, 0.05) is 30.1 Å². The van der Waals surface area contributed by atoms with Crippen LogP contribution in [0.1, 0.15) is 71.9 Å². The highest BCUT2D eigenvalue weighted by Crippen LogP contribution is 2.17. The predicted molar refractivity (Wildman–Crippen MR) is 189 cm³/mol. The largest absolute Gasteiger partial charge is 0.494 e. The quantitative estimate of drug-likeness (QED) is 0.0899. The second kappa shape index (κ2) is 18.2. The van der Waals surface area contributed by atoms with E-state index >= 15 is 0 Å². The van der Waals surface area contributed by atoms with Crippen molar-refractivity contribution in [3.05, 3.63) is 77.7 Å². The van der Waals surface area contributed by atoms with Gasteiger partial charge < -0.3 is 28.1 Å². The first-order valence-corrected chi connectivity index (χ1v) is 16.8. The van der Waals surface area contributed by atoms with Crippen LogP contribution in [-0.4, -0.2) is 69.5 Å². The molecule has 4 N–H and O–H groups in total. The van der Waals surface area contributed by atoms with Crippen LogP contribution in [0.25, 0.3) is 0 Å². The number of aryl methyl sites for hydroxylation is 1. The summed E-state index contributed by atoms with van der Waals surface area (Å²) < 4.78 is 64.1. The lowest BCUT2D eigenvalue weighted by atomic mass is 10.2. The molecule has 0 fully saturated rings. The van der Waals surface area contributed by atoms with Crippen LogP contribution in [0.5, 0.6) is 11.5 Å². The first-order chi connectivity index (χ1) is 24.7. The normalized spacial score (nSPS) is 12.1. The van der Waals surface area contributed by atoms with E-state index in [4.69, 9.17) is 29.8 Å². The number of halogens is 3. The number of unbranched alkanes of at least 4 members (excludes halogenated alkanes) is 2. The van der Waals surface area contributed by atoms with E-state index in [0.29, 0.717) is 55.0 Å². The van der Waals surface area contributed by atoms with Crippen LogP contribution in [0.4, 0.5) is 22.8 Å². The van der Waals surface area contributed by atoms with Crippen molar-refractivity contribution in [1.29, 1.82) is 10.8 Å². The Morgan fingerprint density at radius 1 is 0.660 bits per heavy atom. The lowest BCUT2D eigenvalue weighted by molar-refractivity contribution is -0.169. The van der Waals surface area contributed by atoms with E-state index < -0.39 is 35.5 Å². The van der Waals surface area contributed by atoms with E-state index in [1.54, 1.807) is 96.3 Å². The molecule has 0 aliphatic carbocycles. The van der Waals surface area contributed by atoms with Crippen LogP contribution in [0.15, 0.2) is 65.9 Å². The molecule has 0 aliphatic rings. The van der Waals surface area contributed by atoms with Crippen LogP contribution in [0.3, 0.4) is 0 Å². The van der Waals surface area contributed by atoms with E-state index in [1.165, 1.54) is 15.3 Å². The summed E-state index contributed by atoms with van der Waals surface area (Å²) in [6, 6.07) is 12.9. The molecule has 17 heteroatoms. The molecule has 0 unspecified atom stereocenters. The van der Waals surface area contributed by atoms with Crippen molar-refractivity contribution < 1.29 is 46.5 Å².